The van der Waals surface area contributed by atoms with Crippen molar-refractivity contribution >= 4 is 5.91 Å². The molecule has 1 rings (SSSR count). The van der Waals surface area contributed by atoms with Crippen LogP contribution in [0.1, 0.15) is 46.0 Å². The Hall–Kier alpha value is -0.570. The second-order valence-electron chi connectivity index (χ2n) is 4.62. The Balaban J connectivity index is 2.35. The molecule has 88 valence electrons. The molecule has 0 aromatic rings. The number of carbonyl (C=O) groups is 1. The zero-order valence-corrected chi connectivity index (χ0v) is 10.0. The van der Waals surface area contributed by atoms with Crippen LogP contribution in [0.3, 0.4) is 0 Å². The molecular weight excluding hydrogens is 188 g/mol. The van der Waals surface area contributed by atoms with Crippen LogP contribution in [0.4, 0.5) is 0 Å². The minimum Gasteiger partial charge on any atom is -0.341 e. The van der Waals surface area contributed by atoms with Gasteiger partial charge < -0.3 is 10.6 Å². The number of nitrogens with zero attached hydrogens (tertiary/aromatic N) is 1. The van der Waals surface area contributed by atoms with E-state index in [0.717, 1.165) is 25.9 Å². The number of likely N-dealkylation sites (tertiary alicyclic amines) is 1. The lowest BCUT2D eigenvalue weighted by atomic mass is 10.0. The zero-order chi connectivity index (χ0) is 11.3. The summed E-state index contributed by atoms with van der Waals surface area (Å²) in [5.41, 5.74) is 5.84. The van der Waals surface area contributed by atoms with Gasteiger partial charge in [-0.05, 0) is 25.2 Å². The molecule has 2 atom stereocenters. The molecule has 0 bridgehead atoms. The van der Waals surface area contributed by atoms with Gasteiger partial charge in [-0.15, -0.1) is 0 Å². The molecule has 0 radical (unpaired) electrons. The molecule has 15 heavy (non-hydrogen) atoms. The number of amides is 1. The van der Waals surface area contributed by atoms with Crippen molar-refractivity contribution in [3.63, 3.8) is 0 Å². The summed E-state index contributed by atoms with van der Waals surface area (Å²) in [5.74, 6) is 0.878. The number of nitrogens with two attached hydrogens (primary N) is 1. The average Bonchev–Trinajstić information content (AvgIpc) is 2.66. The monoisotopic (exact) mass is 212 g/mol. The fraction of sp³-hybridized carbons (Fsp3) is 0.917. The first kappa shape index (κ1) is 12.5. The van der Waals surface area contributed by atoms with Crippen molar-refractivity contribution in [3.8, 4) is 0 Å². The van der Waals surface area contributed by atoms with Crippen molar-refractivity contribution in [2.75, 3.05) is 13.1 Å². The van der Waals surface area contributed by atoms with E-state index in [1.807, 2.05) is 4.90 Å². The Kier molecular flexibility index (Phi) is 5.09. The summed E-state index contributed by atoms with van der Waals surface area (Å²) in [4.78, 5) is 13.8. The van der Waals surface area contributed by atoms with Crippen LogP contribution in [0.15, 0.2) is 0 Å². The van der Waals surface area contributed by atoms with E-state index in [1.54, 1.807) is 0 Å². The Morgan fingerprint density at radius 3 is 2.80 bits per heavy atom. The van der Waals surface area contributed by atoms with Gasteiger partial charge in [0.25, 0.3) is 0 Å². The summed E-state index contributed by atoms with van der Waals surface area (Å²) in [6.07, 6.45) is 5.42. The van der Waals surface area contributed by atoms with Crippen LogP contribution in [0.5, 0.6) is 0 Å². The van der Waals surface area contributed by atoms with Crippen LogP contribution in [0.25, 0.3) is 0 Å². The highest BCUT2D eigenvalue weighted by Gasteiger charge is 2.28. The second-order valence-corrected chi connectivity index (χ2v) is 4.62. The lowest BCUT2D eigenvalue weighted by molar-refractivity contribution is -0.131. The van der Waals surface area contributed by atoms with E-state index in [-0.39, 0.29) is 11.9 Å². The fourth-order valence-corrected chi connectivity index (χ4v) is 2.35. The van der Waals surface area contributed by atoms with E-state index in [0.29, 0.717) is 5.92 Å². The molecular formula is C12H24N2O. The molecule has 0 aromatic carbocycles. The van der Waals surface area contributed by atoms with Gasteiger partial charge >= 0.3 is 0 Å². The van der Waals surface area contributed by atoms with E-state index < -0.39 is 0 Å². The van der Waals surface area contributed by atoms with E-state index >= 15 is 0 Å². The summed E-state index contributed by atoms with van der Waals surface area (Å²) in [5, 5.41) is 0. The SMILES string of the molecule is CCCC1CCN(C(=O)[C@@H](N)CCC)C1. The molecule has 1 aliphatic rings. The van der Waals surface area contributed by atoms with Crippen molar-refractivity contribution in [3.05, 3.63) is 0 Å². The summed E-state index contributed by atoms with van der Waals surface area (Å²) < 4.78 is 0. The molecule has 1 heterocycles. The van der Waals surface area contributed by atoms with Gasteiger partial charge in [0.1, 0.15) is 0 Å². The van der Waals surface area contributed by atoms with Crippen molar-refractivity contribution in [1.82, 2.24) is 4.90 Å². The van der Waals surface area contributed by atoms with Crippen molar-refractivity contribution < 1.29 is 4.79 Å². The number of carbonyl (C=O) groups excluding carboxylic acids is 1. The summed E-state index contributed by atoms with van der Waals surface area (Å²) in [6.45, 7) is 6.12. The van der Waals surface area contributed by atoms with E-state index in [4.69, 9.17) is 5.73 Å². The van der Waals surface area contributed by atoms with Gasteiger partial charge in [0.2, 0.25) is 5.91 Å². The van der Waals surface area contributed by atoms with Crippen molar-refractivity contribution in [1.29, 1.82) is 0 Å². The zero-order valence-electron chi connectivity index (χ0n) is 10.0. The quantitative estimate of drug-likeness (QED) is 0.755. The summed E-state index contributed by atoms with van der Waals surface area (Å²) in [7, 11) is 0. The maximum Gasteiger partial charge on any atom is 0.239 e. The third kappa shape index (κ3) is 3.49. The minimum atomic E-state index is -0.268. The average molecular weight is 212 g/mol. The normalized spacial score (nSPS) is 23.1. The van der Waals surface area contributed by atoms with Crippen LogP contribution in [-0.2, 0) is 4.79 Å². The Morgan fingerprint density at radius 1 is 1.47 bits per heavy atom. The lowest BCUT2D eigenvalue weighted by Crippen LogP contribution is -2.42. The number of hydrogen-bond donors (Lipinski definition) is 1. The standard InChI is InChI=1S/C12H24N2O/c1-3-5-10-7-8-14(9-10)12(15)11(13)6-4-2/h10-11H,3-9,13H2,1-2H3/t10?,11-/m0/s1. The predicted molar refractivity (Wildman–Crippen MR) is 62.5 cm³/mol. The minimum absolute atomic E-state index is 0.162. The molecule has 3 heteroatoms. The molecule has 1 amide bonds. The summed E-state index contributed by atoms with van der Waals surface area (Å²) >= 11 is 0. The second kappa shape index (κ2) is 6.11. The van der Waals surface area contributed by atoms with Gasteiger partial charge in [0.05, 0.1) is 6.04 Å². The van der Waals surface area contributed by atoms with E-state index in [2.05, 4.69) is 13.8 Å². The van der Waals surface area contributed by atoms with Crippen LogP contribution in [0, 0.1) is 5.92 Å². The molecule has 0 saturated carbocycles. The van der Waals surface area contributed by atoms with Gasteiger partial charge in [-0.2, -0.15) is 0 Å². The Morgan fingerprint density at radius 2 is 2.20 bits per heavy atom. The van der Waals surface area contributed by atoms with Crippen LogP contribution in [0.2, 0.25) is 0 Å². The van der Waals surface area contributed by atoms with Gasteiger partial charge in [-0.1, -0.05) is 26.7 Å². The molecule has 1 aliphatic heterocycles. The Labute approximate surface area is 93.0 Å². The first-order valence-electron chi connectivity index (χ1n) is 6.23. The van der Waals surface area contributed by atoms with E-state index in [9.17, 15) is 4.79 Å². The van der Waals surface area contributed by atoms with Gasteiger partial charge in [-0.25, -0.2) is 0 Å². The van der Waals surface area contributed by atoms with Gasteiger partial charge in [0.15, 0.2) is 0 Å². The largest absolute Gasteiger partial charge is 0.341 e. The highest BCUT2D eigenvalue weighted by molar-refractivity contribution is 5.81. The molecule has 3 nitrogen and oxygen atoms in total. The highest BCUT2D eigenvalue weighted by atomic mass is 16.2. The molecule has 0 aromatic heterocycles. The maximum absolute atomic E-state index is 11.9. The van der Waals surface area contributed by atoms with Crippen molar-refractivity contribution in [2.45, 2.75) is 52.0 Å². The van der Waals surface area contributed by atoms with Crippen LogP contribution in [-0.4, -0.2) is 29.9 Å². The molecule has 1 fully saturated rings. The Bertz CT molecular complexity index is 206. The van der Waals surface area contributed by atoms with Crippen LogP contribution < -0.4 is 5.73 Å². The maximum atomic E-state index is 11.9. The number of hydrogen-bond acceptors (Lipinski definition) is 2. The third-order valence-corrected chi connectivity index (χ3v) is 3.21. The van der Waals surface area contributed by atoms with Gasteiger partial charge in [0, 0.05) is 13.1 Å². The molecule has 2 N–H and O–H groups in total. The summed E-state index contributed by atoms with van der Waals surface area (Å²) in [6, 6.07) is -0.268. The molecule has 1 unspecified atom stereocenters. The first-order valence-corrected chi connectivity index (χ1v) is 6.23. The fourth-order valence-electron chi connectivity index (χ4n) is 2.35. The smallest absolute Gasteiger partial charge is 0.239 e. The first-order chi connectivity index (χ1) is 7.19. The lowest BCUT2D eigenvalue weighted by Gasteiger charge is -2.20. The van der Waals surface area contributed by atoms with Crippen molar-refractivity contribution in [2.24, 2.45) is 11.7 Å². The predicted octanol–water partition coefficient (Wildman–Crippen LogP) is 1.76. The third-order valence-electron chi connectivity index (χ3n) is 3.21. The van der Waals surface area contributed by atoms with Gasteiger partial charge in [-0.3, -0.25) is 4.79 Å². The van der Waals surface area contributed by atoms with E-state index in [1.165, 1.54) is 19.3 Å². The highest BCUT2D eigenvalue weighted by Crippen LogP contribution is 2.21. The molecule has 0 spiro atoms. The number of rotatable bonds is 5. The molecule has 0 aliphatic carbocycles. The molecule has 1 saturated heterocycles. The van der Waals surface area contributed by atoms with Crippen LogP contribution >= 0.6 is 0 Å². The topological polar surface area (TPSA) is 46.3 Å².